The lowest BCUT2D eigenvalue weighted by molar-refractivity contribution is 1.18. The minimum Gasteiger partial charge on any atom is -0.383 e. The van der Waals surface area contributed by atoms with Gasteiger partial charge >= 0.3 is 0 Å². The van der Waals surface area contributed by atoms with E-state index in [0.717, 1.165) is 20.7 Å². The molecular formula is C8H8IN3. The number of nitrogen functional groups attached to an aromatic ring is 1. The van der Waals surface area contributed by atoms with Gasteiger partial charge in [0.25, 0.3) is 0 Å². The molecule has 0 radical (unpaired) electrons. The summed E-state index contributed by atoms with van der Waals surface area (Å²) >= 11 is 2.25. The Kier molecular flexibility index (Phi) is 1.71. The predicted octanol–water partition coefficient (Wildman–Crippen LogP) is 1.83. The number of hydrogen-bond donors (Lipinski definition) is 1. The summed E-state index contributed by atoms with van der Waals surface area (Å²) in [5, 5.41) is 0. The van der Waals surface area contributed by atoms with Crippen molar-refractivity contribution < 1.29 is 0 Å². The number of rotatable bonds is 0. The molecule has 0 saturated carbocycles. The van der Waals surface area contributed by atoms with E-state index in [9.17, 15) is 0 Å². The minimum atomic E-state index is 0.725. The first kappa shape index (κ1) is 7.85. The Balaban J connectivity index is 2.88. The van der Waals surface area contributed by atoms with E-state index < -0.39 is 0 Å². The highest BCUT2D eigenvalue weighted by atomic mass is 127. The zero-order valence-corrected chi connectivity index (χ0v) is 8.74. The summed E-state index contributed by atoms with van der Waals surface area (Å²) in [6.45, 7) is 1.91. The fourth-order valence-corrected chi connectivity index (χ4v) is 1.61. The fraction of sp³-hybridized carbons (Fsp3) is 0.125. The molecular weight excluding hydrogens is 265 g/mol. The van der Waals surface area contributed by atoms with Crippen molar-refractivity contribution in [1.29, 1.82) is 0 Å². The van der Waals surface area contributed by atoms with Crippen LogP contribution in [0, 0.1) is 10.5 Å². The van der Waals surface area contributed by atoms with Gasteiger partial charge in [-0.3, -0.25) is 4.40 Å². The maximum Gasteiger partial charge on any atom is 0.138 e. The van der Waals surface area contributed by atoms with Gasteiger partial charge in [-0.15, -0.1) is 0 Å². The van der Waals surface area contributed by atoms with Gasteiger partial charge in [0.1, 0.15) is 11.5 Å². The Bertz CT molecular complexity index is 433. The summed E-state index contributed by atoms with van der Waals surface area (Å²) < 4.78 is 3.06. The van der Waals surface area contributed by atoms with Crippen LogP contribution in [0.3, 0.4) is 0 Å². The lowest BCUT2D eigenvalue weighted by atomic mass is 10.5. The second-order valence-electron chi connectivity index (χ2n) is 2.66. The highest BCUT2D eigenvalue weighted by molar-refractivity contribution is 14.1. The molecule has 0 aliphatic rings. The molecule has 0 bridgehead atoms. The van der Waals surface area contributed by atoms with Crippen molar-refractivity contribution in [3.8, 4) is 0 Å². The number of nitrogens with zero attached hydrogens (tertiary/aromatic N) is 2. The van der Waals surface area contributed by atoms with Gasteiger partial charge in [0.05, 0.1) is 5.69 Å². The van der Waals surface area contributed by atoms with E-state index in [1.165, 1.54) is 0 Å². The standard InChI is InChI=1S/C8H8IN3/c1-5-8(10)12-4-6(9)2-3-7(12)11-5/h2-4H,10H2,1H3. The van der Waals surface area contributed by atoms with Crippen LogP contribution >= 0.6 is 22.6 Å². The van der Waals surface area contributed by atoms with Gasteiger partial charge in [0.15, 0.2) is 0 Å². The molecule has 0 aromatic carbocycles. The molecule has 0 saturated heterocycles. The summed E-state index contributed by atoms with van der Waals surface area (Å²) in [4.78, 5) is 4.29. The van der Waals surface area contributed by atoms with Crippen LogP contribution in [0.5, 0.6) is 0 Å². The van der Waals surface area contributed by atoms with E-state index in [0.29, 0.717) is 0 Å². The molecule has 12 heavy (non-hydrogen) atoms. The molecule has 62 valence electrons. The predicted molar refractivity (Wildman–Crippen MR) is 57.1 cm³/mol. The Morgan fingerprint density at radius 1 is 1.50 bits per heavy atom. The number of aryl methyl sites for hydroxylation is 1. The van der Waals surface area contributed by atoms with Gasteiger partial charge in [-0.1, -0.05) is 0 Å². The third kappa shape index (κ3) is 1.06. The van der Waals surface area contributed by atoms with Gasteiger partial charge in [-0.05, 0) is 41.6 Å². The molecule has 0 atom stereocenters. The molecule has 2 heterocycles. The molecule has 2 aromatic heterocycles. The monoisotopic (exact) mass is 273 g/mol. The first-order chi connectivity index (χ1) is 5.68. The average Bonchev–Trinajstić information content (AvgIpc) is 2.31. The van der Waals surface area contributed by atoms with Gasteiger partial charge in [0, 0.05) is 9.77 Å². The number of hydrogen-bond acceptors (Lipinski definition) is 2. The normalized spacial score (nSPS) is 10.8. The molecule has 0 amide bonds. The van der Waals surface area contributed by atoms with Crippen LogP contribution in [0.15, 0.2) is 18.3 Å². The number of imidazole rings is 1. The largest absolute Gasteiger partial charge is 0.383 e. The molecule has 4 heteroatoms. The Labute approximate surface area is 83.7 Å². The molecule has 0 aliphatic heterocycles. The van der Waals surface area contributed by atoms with Crippen LogP contribution in [0.2, 0.25) is 0 Å². The number of nitrogens with two attached hydrogens (primary N) is 1. The van der Waals surface area contributed by atoms with Gasteiger partial charge < -0.3 is 5.73 Å². The van der Waals surface area contributed by atoms with E-state index in [-0.39, 0.29) is 0 Å². The SMILES string of the molecule is Cc1nc2ccc(I)cn2c1N. The molecule has 0 unspecified atom stereocenters. The van der Waals surface area contributed by atoms with Crippen molar-refractivity contribution in [2.24, 2.45) is 0 Å². The highest BCUT2D eigenvalue weighted by Crippen LogP contribution is 2.15. The van der Waals surface area contributed by atoms with Crippen molar-refractivity contribution in [3.63, 3.8) is 0 Å². The summed E-state index contributed by atoms with van der Waals surface area (Å²) in [5.41, 5.74) is 7.60. The number of anilines is 1. The summed E-state index contributed by atoms with van der Waals surface area (Å²) in [6.07, 6.45) is 1.98. The molecule has 0 spiro atoms. The molecule has 2 rings (SSSR count). The molecule has 0 fully saturated rings. The van der Waals surface area contributed by atoms with Crippen LogP contribution in [0.25, 0.3) is 5.65 Å². The second kappa shape index (κ2) is 2.62. The Morgan fingerprint density at radius 2 is 2.25 bits per heavy atom. The van der Waals surface area contributed by atoms with Gasteiger partial charge in [-0.25, -0.2) is 4.98 Å². The number of fused-ring (bicyclic) bond motifs is 1. The maximum atomic E-state index is 5.80. The average molecular weight is 273 g/mol. The lowest BCUT2D eigenvalue weighted by Gasteiger charge is -1.95. The summed E-state index contributed by atoms with van der Waals surface area (Å²) in [7, 11) is 0. The van der Waals surface area contributed by atoms with Crippen LogP contribution in [0.1, 0.15) is 5.69 Å². The second-order valence-corrected chi connectivity index (χ2v) is 3.90. The van der Waals surface area contributed by atoms with E-state index >= 15 is 0 Å². The zero-order valence-electron chi connectivity index (χ0n) is 6.58. The highest BCUT2D eigenvalue weighted by Gasteiger charge is 2.03. The Hall–Kier alpha value is -0.780. The number of aromatic nitrogens is 2. The first-order valence-corrected chi connectivity index (χ1v) is 4.66. The minimum absolute atomic E-state index is 0.725. The smallest absolute Gasteiger partial charge is 0.138 e. The molecule has 2 N–H and O–H groups in total. The fourth-order valence-electron chi connectivity index (χ4n) is 1.15. The van der Waals surface area contributed by atoms with Crippen molar-refractivity contribution in [1.82, 2.24) is 9.38 Å². The quantitative estimate of drug-likeness (QED) is 0.744. The number of pyridine rings is 1. The van der Waals surface area contributed by atoms with E-state index in [4.69, 9.17) is 5.73 Å². The van der Waals surface area contributed by atoms with Crippen molar-refractivity contribution >= 4 is 34.1 Å². The van der Waals surface area contributed by atoms with Gasteiger partial charge in [0.2, 0.25) is 0 Å². The zero-order chi connectivity index (χ0) is 8.72. The van der Waals surface area contributed by atoms with Crippen LogP contribution in [0.4, 0.5) is 5.82 Å². The van der Waals surface area contributed by atoms with Gasteiger partial charge in [-0.2, -0.15) is 0 Å². The summed E-state index contributed by atoms with van der Waals surface area (Å²) in [5.74, 6) is 0.725. The Morgan fingerprint density at radius 3 is 3.00 bits per heavy atom. The van der Waals surface area contributed by atoms with Crippen molar-refractivity contribution in [3.05, 3.63) is 27.6 Å². The topological polar surface area (TPSA) is 43.3 Å². The van der Waals surface area contributed by atoms with Crippen molar-refractivity contribution in [2.75, 3.05) is 5.73 Å². The van der Waals surface area contributed by atoms with E-state index in [2.05, 4.69) is 27.6 Å². The molecule has 2 aromatic rings. The van der Waals surface area contributed by atoms with E-state index in [1.54, 1.807) is 0 Å². The van der Waals surface area contributed by atoms with Crippen LogP contribution in [-0.2, 0) is 0 Å². The summed E-state index contributed by atoms with van der Waals surface area (Å²) in [6, 6.07) is 3.98. The third-order valence-corrected chi connectivity index (χ3v) is 2.44. The lowest BCUT2D eigenvalue weighted by Crippen LogP contribution is -1.93. The van der Waals surface area contributed by atoms with Crippen LogP contribution in [-0.4, -0.2) is 9.38 Å². The molecule has 3 nitrogen and oxygen atoms in total. The van der Waals surface area contributed by atoms with E-state index in [1.807, 2.05) is 29.7 Å². The first-order valence-electron chi connectivity index (χ1n) is 3.58. The third-order valence-electron chi connectivity index (χ3n) is 1.80. The maximum absolute atomic E-state index is 5.80. The van der Waals surface area contributed by atoms with Crippen molar-refractivity contribution in [2.45, 2.75) is 6.92 Å². The number of halogens is 1. The van der Waals surface area contributed by atoms with Crippen LogP contribution < -0.4 is 5.73 Å². The molecule has 0 aliphatic carbocycles.